The summed E-state index contributed by atoms with van der Waals surface area (Å²) in [7, 11) is 0. The lowest BCUT2D eigenvalue weighted by Gasteiger charge is -2.26. The first kappa shape index (κ1) is 17.0. The number of amides is 1. The van der Waals surface area contributed by atoms with E-state index >= 15 is 0 Å². The predicted molar refractivity (Wildman–Crippen MR) is 96.9 cm³/mol. The lowest BCUT2D eigenvalue weighted by atomic mass is 9.88. The van der Waals surface area contributed by atoms with Crippen LogP contribution < -0.4 is 10.6 Å². The first-order chi connectivity index (χ1) is 11.6. The van der Waals surface area contributed by atoms with E-state index < -0.39 is 0 Å². The van der Waals surface area contributed by atoms with Crippen LogP contribution >= 0.6 is 11.6 Å². The van der Waals surface area contributed by atoms with Gasteiger partial charge in [-0.2, -0.15) is 0 Å². The van der Waals surface area contributed by atoms with Gasteiger partial charge in [0.1, 0.15) is 6.04 Å². The Balaban J connectivity index is 1.56. The maximum absolute atomic E-state index is 12.4. The van der Waals surface area contributed by atoms with E-state index in [0.717, 1.165) is 29.8 Å². The molecule has 126 valence electrons. The average molecular weight is 344 g/mol. The minimum absolute atomic E-state index is 0.0793. The van der Waals surface area contributed by atoms with Gasteiger partial charge in [-0.25, -0.2) is 0 Å². The maximum Gasteiger partial charge on any atom is 0.275 e. The van der Waals surface area contributed by atoms with Crippen LogP contribution in [0.3, 0.4) is 0 Å². The zero-order valence-electron chi connectivity index (χ0n) is 14.0. The summed E-state index contributed by atoms with van der Waals surface area (Å²) in [5.74, 6) is 0.0793. The van der Waals surface area contributed by atoms with Gasteiger partial charge in [0.2, 0.25) is 0 Å². The number of quaternary nitrogens is 1. The van der Waals surface area contributed by atoms with Gasteiger partial charge in [-0.1, -0.05) is 54.1 Å². The zero-order valence-corrected chi connectivity index (χ0v) is 14.7. The number of carbonyl (C=O) groups is 1. The number of rotatable bonds is 5. The van der Waals surface area contributed by atoms with Gasteiger partial charge in [0.15, 0.2) is 6.54 Å². The van der Waals surface area contributed by atoms with Crippen molar-refractivity contribution in [3.05, 3.63) is 70.2 Å². The number of aryl methyl sites for hydroxylation is 1. The molecule has 2 atom stereocenters. The molecule has 0 saturated heterocycles. The number of nitrogens with two attached hydrogens (primary N) is 1. The Morgan fingerprint density at radius 2 is 2.00 bits per heavy atom. The molecule has 1 aliphatic rings. The number of nitrogens with one attached hydrogen (secondary N) is 1. The van der Waals surface area contributed by atoms with Crippen LogP contribution in [0.2, 0.25) is 5.02 Å². The molecule has 0 aliphatic heterocycles. The first-order valence-corrected chi connectivity index (χ1v) is 8.98. The molecule has 2 aromatic rings. The van der Waals surface area contributed by atoms with Crippen LogP contribution in [0.25, 0.3) is 0 Å². The fraction of sp³-hybridized carbons (Fsp3) is 0.350. The van der Waals surface area contributed by atoms with E-state index in [1.54, 1.807) is 0 Å². The number of hydrogen-bond acceptors (Lipinski definition) is 1. The van der Waals surface area contributed by atoms with Crippen molar-refractivity contribution in [2.75, 3.05) is 6.54 Å². The molecule has 0 fully saturated rings. The minimum Gasteiger partial charge on any atom is -0.344 e. The SMILES string of the molecule is C[C@H]([NH2+]CC(=O)N[C@H]1CCCc2ccccc21)c1ccccc1Cl. The zero-order chi connectivity index (χ0) is 16.9. The summed E-state index contributed by atoms with van der Waals surface area (Å²) in [6.07, 6.45) is 3.25. The quantitative estimate of drug-likeness (QED) is 0.860. The second-order valence-corrected chi connectivity index (χ2v) is 6.87. The third-order valence-electron chi connectivity index (χ3n) is 4.76. The topological polar surface area (TPSA) is 45.7 Å². The van der Waals surface area contributed by atoms with Crippen LogP contribution in [0, 0.1) is 0 Å². The van der Waals surface area contributed by atoms with Crippen molar-refractivity contribution < 1.29 is 10.1 Å². The Morgan fingerprint density at radius 1 is 1.25 bits per heavy atom. The van der Waals surface area contributed by atoms with Crippen molar-refractivity contribution in [2.45, 2.75) is 38.3 Å². The molecular weight excluding hydrogens is 320 g/mol. The number of hydrogen-bond donors (Lipinski definition) is 2. The fourth-order valence-electron chi connectivity index (χ4n) is 3.41. The molecule has 0 saturated carbocycles. The van der Waals surface area contributed by atoms with Crippen LogP contribution in [-0.2, 0) is 11.2 Å². The van der Waals surface area contributed by atoms with E-state index in [1.807, 2.05) is 29.6 Å². The smallest absolute Gasteiger partial charge is 0.275 e. The highest BCUT2D eigenvalue weighted by atomic mass is 35.5. The first-order valence-electron chi connectivity index (χ1n) is 8.60. The van der Waals surface area contributed by atoms with Gasteiger partial charge < -0.3 is 10.6 Å². The van der Waals surface area contributed by atoms with E-state index in [4.69, 9.17) is 11.6 Å². The van der Waals surface area contributed by atoms with Gasteiger partial charge in [0.05, 0.1) is 6.04 Å². The molecule has 3 rings (SSSR count). The van der Waals surface area contributed by atoms with Crippen molar-refractivity contribution in [1.29, 1.82) is 0 Å². The van der Waals surface area contributed by atoms with Crippen LogP contribution in [0.5, 0.6) is 0 Å². The molecule has 1 amide bonds. The molecule has 3 N–H and O–H groups in total. The molecule has 0 bridgehead atoms. The monoisotopic (exact) mass is 343 g/mol. The van der Waals surface area contributed by atoms with Crippen molar-refractivity contribution >= 4 is 17.5 Å². The molecule has 24 heavy (non-hydrogen) atoms. The molecule has 3 nitrogen and oxygen atoms in total. The van der Waals surface area contributed by atoms with Crippen molar-refractivity contribution in [3.8, 4) is 0 Å². The van der Waals surface area contributed by atoms with Crippen molar-refractivity contribution in [1.82, 2.24) is 5.32 Å². The van der Waals surface area contributed by atoms with Crippen LogP contribution in [-0.4, -0.2) is 12.5 Å². The highest BCUT2D eigenvalue weighted by molar-refractivity contribution is 6.31. The second kappa shape index (κ2) is 7.82. The average Bonchev–Trinajstić information content (AvgIpc) is 2.60. The van der Waals surface area contributed by atoms with Crippen LogP contribution in [0.15, 0.2) is 48.5 Å². The van der Waals surface area contributed by atoms with E-state index in [2.05, 4.69) is 36.5 Å². The lowest BCUT2D eigenvalue weighted by Crippen LogP contribution is -2.87. The Kier molecular flexibility index (Phi) is 5.54. The summed E-state index contributed by atoms with van der Waals surface area (Å²) in [6, 6.07) is 16.5. The molecule has 0 spiro atoms. The highest BCUT2D eigenvalue weighted by Crippen LogP contribution is 2.29. The Morgan fingerprint density at radius 3 is 2.83 bits per heavy atom. The second-order valence-electron chi connectivity index (χ2n) is 6.46. The van der Waals surface area contributed by atoms with E-state index in [1.165, 1.54) is 11.1 Å². The highest BCUT2D eigenvalue weighted by Gasteiger charge is 2.22. The predicted octanol–water partition coefficient (Wildman–Crippen LogP) is 3.16. The number of benzene rings is 2. The summed E-state index contributed by atoms with van der Waals surface area (Å²) in [5.41, 5.74) is 3.70. The van der Waals surface area contributed by atoms with Gasteiger partial charge in [0.25, 0.3) is 5.91 Å². The molecule has 0 unspecified atom stereocenters. The van der Waals surface area contributed by atoms with Gasteiger partial charge in [-0.15, -0.1) is 0 Å². The number of fused-ring (bicyclic) bond motifs is 1. The number of halogens is 1. The van der Waals surface area contributed by atoms with Crippen LogP contribution in [0.1, 0.15) is 48.5 Å². The maximum atomic E-state index is 12.4. The molecule has 4 heteroatoms. The van der Waals surface area contributed by atoms with Gasteiger partial charge >= 0.3 is 0 Å². The molecule has 0 aromatic heterocycles. The van der Waals surface area contributed by atoms with E-state index in [0.29, 0.717) is 6.54 Å². The molecule has 0 radical (unpaired) electrons. The summed E-state index contributed by atoms with van der Waals surface area (Å²) >= 11 is 6.23. The van der Waals surface area contributed by atoms with Gasteiger partial charge in [-0.3, -0.25) is 4.79 Å². The normalized spacial score (nSPS) is 17.8. The summed E-state index contributed by atoms with van der Waals surface area (Å²) in [5, 5.41) is 5.98. The summed E-state index contributed by atoms with van der Waals surface area (Å²) in [4.78, 5) is 12.4. The van der Waals surface area contributed by atoms with Gasteiger partial charge in [-0.05, 0) is 43.4 Å². The lowest BCUT2D eigenvalue weighted by molar-refractivity contribution is -0.682. The van der Waals surface area contributed by atoms with E-state index in [9.17, 15) is 4.79 Å². The Bertz CT molecular complexity index is 716. The fourth-order valence-corrected chi connectivity index (χ4v) is 3.72. The summed E-state index contributed by atoms with van der Waals surface area (Å²) < 4.78 is 0. The van der Waals surface area contributed by atoms with Crippen molar-refractivity contribution in [2.24, 2.45) is 0 Å². The van der Waals surface area contributed by atoms with Crippen LogP contribution in [0.4, 0.5) is 0 Å². The third kappa shape index (κ3) is 3.97. The molecular formula is C20H24ClN2O+. The van der Waals surface area contributed by atoms with E-state index in [-0.39, 0.29) is 18.0 Å². The molecule has 0 heterocycles. The largest absolute Gasteiger partial charge is 0.344 e. The van der Waals surface area contributed by atoms with Crippen molar-refractivity contribution in [3.63, 3.8) is 0 Å². The Hall–Kier alpha value is -1.84. The number of carbonyl (C=O) groups excluding carboxylic acids is 1. The standard InChI is InChI=1S/C20H23ClN2O/c1-14(16-9-4-5-11-18(16)21)22-13-20(24)23-19-12-6-8-15-7-2-3-10-17(15)19/h2-5,7,9-11,14,19,22H,6,8,12-13H2,1H3,(H,23,24)/p+1/t14-,19-/m0/s1. The minimum atomic E-state index is 0.0793. The van der Waals surface area contributed by atoms with Gasteiger partial charge in [0, 0.05) is 10.6 Å². The molecule has 2 aromatic carbocycles. The molecule has 1 aliphatic carbocycles. The third-order valence-corrected chi connectivity index (χ3v) is 5.10. The summed E-state index contributed by atoms with van der Waals surface area (Å²) in [6.45, 7) is 2.48. The Labute approximate surface area is 148 Å².